The molecule has 16 heavy (non-hydrogen) atoms. The lowest BCUT2D eigenvalue weighted by Gasteiger charge is -2.14. The van der Waals surface area contributed by atoms with Crippen LogP contribution < -0.4 is 0 Å². The second-order valence-corrected chi connectivity index (χ2v) is 2.81. The van der Waals surface area contributed by atoms with Crippen LogP contribution in [-0.4, -0.2) is 10.1 Å². The molecule has 1 N–H and O–H groups in total. The summed E-state index contributed by atoms with van der Waals surface area (Å²) in [4.78, 5) is 2.60. The molecule has 1 aromatic heterocycles. The van der Waals surface area contributed by atoms with Gasteiger partial charge in [0.2, 0.25) is 5.95 Å². The summed E-state index contributed by atoms with van der Waals surface area (Å²) >= 11 is 0. The Kier molecular flexibility index (Phi) is 3.41. The van der Waals surface area contributed by atoms with E-state index >= 15 is 0 Å². The van der Waals surface area contributed by atoms with Gasteiger partial charge in [-0.1, -0.05) is 0 Å². The maximum absolute atomic E-state index is 12.8. The van der Waals surface area contributed by atoms with Gasteiger partial charge in [0.1, 0.15) is 0 Å². The summed E-state index contributed by atoms with van der Waals surface area (Å²) in [5.74, 6) is -1.72. The Morgan fingerprint density at radius 2 is 1.88 bits per heavy atom. The summed E-state index contributed by atoms with van der Waals surface area (Å²) in [6.07, 6.45) is -8.37. The van der Waals surface area contributed by atoms with Gasteiger partial charge in [0, 0.05) is 11.8 Å². The third-order valence-electron chi connectivity index (χ3n) is 1.86. The van der Waals surface area contributed by atoms with Crippen LogP contribution in [0.3, 0.4) is 0 Å². The van der Waals surface area contributed by atoms with Crippen molar-refractivity contribution in [2.24, 2.45) is 0 Å². The van der Waals surface area contributed by atoms with Crippen LogP contribution in [0.4, 0.5) is 26.3 Å². The summed E-state index contributed by atoms with van der Waals surface area (Å²) in [5, 5.41) is 8.61. The van der Waals surface area contributed by atoms with Gasteiger partial charge in [0.05, 0.1) is 17.7 Å². The molecule has 0 unspecified atom stereocenters. The second kappa shape index (κ2) is 4.28. The molecule has 0 amide bonds. The number of aliphatic hydroxyl groups excluding tert-OH is 1. The maximum atomic E-state index is 12.8. The van der Waals surface area contributed by atoms with E-state index in [-0.39, 0.29) is 6.20 Å². The van der Waals surface area contributed by atoms with Gasteiger partial charge >= 0.3 is 6.18 Å². The highest BCUT2D eigenvalue weighted by atomic mass is 19.4. The highest BCUT2D eigenvalue weighted by molar-refractivity contribution is 5.35. The van der Waals surface area contributed by atoms with E-state index in [9.17, 15) is 26.3 Å². The van der Waals surface area contributed by atoms with Crippen molar-refractivity contribution in [3.05, 3.63) is 28.8 Å². The molecule has 0 aliphatic carbocycles. The minimum absolute atomic E-state index is 0.0762. The Bertz CT molecular complexity index is 389. The summed E-state index contributed by atoms with van der Waals surface area (Å²) in [5.41, 5.74) is -4.26. The topological polar surface area (TPSA) is 33.1 Å². The summed E-state index contributed by atoms with van der Waals surface area (Å²) in [6, 6.07) is 0. The number of alkyl halides is 5. The number of pyridine rings is 1. The molecule has 0 saturated heterocycles. The molecule has 1 heterocycles. The number of hydrogen-bond donors (Lipinski definition) is 1. The Morgan fingerprint density at radius 3 is 2.25 bits per heavy atom. The summed E-state index contributed by atoms with van der Waals surface area (Å²) < 4.78 is 74.2. The monoisotopic (exact) mass is 245 g/mol. The zero-order chi connectivity index (χ0) is 12.5. The smallest absolute Gasteiger partial charge is 0.392 e. The van der Waals surface area contributed by atoms with Crippen molar-refractivity contribution in [2.45, 2.75) is 19.2 Å². The SMILES string of the molecule is OCc1c(C(F)(F)F)cnc(F)c1C(F)F. The average Bonchev–Trinajstić information content (AvgIpc) is 2.14. The summed E-state index contributed by atoms with van der Waals surface area (Å²) in [6.45, 7) is -1.34. The third kappa shape index (κ3) is 2.26. The zero-order valence-corrected chi connectivity index (χ0v) is 7.52. The first-order chi connectivity index (χ1) is 7.29. The Morgan fingerprint density at radius 1 is 1.31 bits per heavy atom. The maximum Gasteiger partial charge on any atom is 0.418 e. The number of hydrogen-bond acceptors (Lipinski definition) is 2. The van der Waals surface area contributed by atoms with Crippen LogP contribution in [0.15, 0.2) is 6.20 Å². The number of nitrogens with zero attached hydrogens (tertiary/aromatic N) is 1. The molecule has 0 saturated carbocycles. The molecule has 0 aromatic carbocycles. The van der Waals surface area contributed by atoms with Gasteiger partial charge in [-0.05, 0) is 0 Å². The van der Waals surface area contributed by atoms with Crippen LogP contribution in [0.5, 0.6) is 0 Å². The van der Waals surface area contributed by atoms with Crippen molar-refractivity contribution in [1.82, 2.24) is 4.98 Å². The molecule has 2 nitrogen and oxygen atoms in total. The van der Waals surface area contributed by atoms with Crippen molar-refractivity contribution >= 4 is 0 Å². The predicted octanol–water partition coefficient (Wildman–Crippen LogP) is 2.67. The van der Waals surface area contributed by atoms with Gasteiger partial charge in [0.25, 0.3) is 6.43 Å². The van der Waals surface area contributed by atoms with E-state index in [1.54, 1.807) is 0 Å². The number of aliphatic hydroxyl groups is 1. The van der Waals surface area contributed by atoms with Crippen molar-refractivity contribution in [2.75, 3.05) is 0 Å². The number of aromatic nitrogens is 1. The Balaban J connectivity index is 3.49. The molecule has 1 aromatic rings. The summed E-state index contributed by atoms with van der Waals surface area (Å²) in [7, 11) is 0. The Labute approximate surface area is 85.5 Å². The van der Waals surface area contributed by atoms with E-state index < -0.39 is 41.8 Å². The molecule has 0 radical (unpaired) electrons. The highest BCUT2D eigenvalue weighted by Gasteiger charge is 2.37. The lowest BCUT2D eigenvalue weighted by molar-refractivity contribution is -0.139. The largest absolute Gasteiger partial charge is 0.418 e. The molecule has 0 aliphatic heterocycles. The van der Waals surface area contributed by atoms with E-state index in [0.717, 1.165) is 0 Å². The van der Waals surface area contributed by atoms with Gasteiger partial charge in [0.15, 0.2) is 0 Å². The molecular formula is C8H5F6NO. The zero-order valence-electron chi connectivity index (χ0n) is 7.52. The van der Waals surface area contributed by atoms with Crippen LogP contribution in [0.25, 0.3) is 0 Å². The van der Waals surface area contributed by atoms with E-state index in [1.807, 2.05) is 0 Å². The molecule has 1 rings (SSSR count). The van der Waals surface area contributed by atoms with Crippen molar-refractivity contribution in [1.29, 1.82) is 0 Å². The van der Waals surface area contributed by atoms with Crippen LogP contribution in [-0.2, 0) is 12.8 Å². The lowest BCUT2D eigenvalue weighted by atomic mass is 10.0. The van der Waals surface area contributed by atoms with E-state index in [2.05, 4.69) is 4.98 Å². The van der Waals surface area contributed by atoms with Gasteiger partial charge in [-0.3, -0.25) is 0 Å². The molecule has 0 spiro atoms. The first kappa shape index (κ1) is 12.8. The van der Waals surface area contributed by atoms with Crippen LogP contribution in [0.2, 0.25) is 0 Å². The van der Waals surface area contributed by atoms with E-state index in [0.29, 0.717) is 0 Å². The second-order valence-electron chi connectivity index (χ2n) is 2.81. The highest BCUT2D eigenvalue weighted by Crippen LogP contribution is 2.36. The predicted molar refractivity (Wildman–Crippen MR) is 40.1 cm³/mol. The normalized spacial score (nSPS) is 12.2. The van der Waals surface area contributed by atoms with Gasteiger partial charge in [-0.15, -0.1) is 0 Å². The van der Waals surface area contributed by atoms with Gasteiger partial charge in [-0.25, -0.2) is 13.8 Å². The van der Waals surface area contributed by atoms with Crippen LogP contribution in [0.1, 0.15) is 23.1 Å². The molecular weight excluding hydrogens is 240 g/mol. The molecule has 0 fully saturated rings. The minimum atomic E-state index is -4.97. The van der Waals surface area contributed by atoms with Crippen molar-refractivity contribution in [3.8, 4) is 0 Å². The van der Waals surface area contributed by atoms with Crippen LogP contribution in [0, 0.1) is 5.95 Å². The molecule has 0 aliphatic rings. The first-order valence-corrected chi connectivity index (χ1v) is 3.92. The number of halogens is 6. The minimum Gasteiger partial charge on any atom is -0.392 e. The average molecular weight is 245 g/mol. The standard InChI is InChI=1S/C8H5F6NO/c9-6(10)5-3(2-16)4(8(12,13)14)1-15-7(5)11/h1,6,16H,2H2. The third-order valence-corrected chi connectivity index (χ3v) is 1.86. The molecule has 90 valence electrons. The van der Waals surface area contributed by atoms with Crippen LogP contribution >= 0.6 is 0 Å². The first-order valence-electron chi connectivity index (χ1n) is 3.92. The van der Waals surface area contributed by atoms with E-state index in [4.69, 9.17) is 5.11 Å². The Hall–Kier alpha value is -1.31. The van der Waals surface area contributed by atoms with Crippen molar-refractivity contribution < 1.29 is 31.4 Å². The molecule has 0 bridgehead atoms. The van der Waals surface area contributed by atoms with Gasteiger partial charge < -0.3 is 5.11 Å². The quantitative estimate of drug-likeness (QED) is 0.641. The fraction of sp³-hybridized carbons (Fsp3) is 0.375. The fourth-order valence-electron chi connectivity index (χ4n) is 1.17. The van der Waals surface area contributed by atoms with E-state index in [1.165, 1.54) is 0 Å². The molecule has 0 atom stereocenters. The lowest BCUT2D eigenvalue weighted by Crippen LogP contribution is -2.14. The van der Waals surface area contributed by atoms with Gasteiger partial charge in [-0.2, -0.15) is 17.6 Å². The van der Waals surface area contributed by atoms with Crippen molar-refractivity contribution in [3.63, 3.8) is 0 Å². The fourth-order valence-corrected chi connectivity index (χ4v) is 1.17. The molecule has 8 heteroatoms. The number of rotatable bonds is 2.